The molecule has 37 heavy (non-hydrogen) atoms. The topological polar surface area (TPSA) is 221 Å². The fourth-order valence-electron chi connectivity index (χ4n) is 3.35. The first-order valence-electron chi connectivity index (χ1n) is 12.1. The van der Waals surface area contributed by atoms with Gasteiger partial charge < -0.3 is 20.8 Å². The molecule has 2 atom stereocenters. The van der Waals surface area contributed by atoms with Crippen LogP contribution in [0.2, 0.25) is 0 Å². The fraction of sp³-hybridized carbons (Fsp3) is 0.696. The van der Waals surface area contributed by atoms with Gasteiger partial charge in [0.15, 0.2) is 5.82 Å². The third-order valence-corrected chi connectivity index (χ3v) is 5.61. The highest BCUT2D eigenvalue weighted by molar-refractivity contribution is 5.91. The van der Waals surface area contributed by atoms with Gasteiger partial charge in [0, 0.05) is 37.1 Å². The second kappa shape index (κ2) is 15.4. The lowest BCUT2D eigenvalue weighted by molar-refractivity contribution is -0.142. The SMILES string of the molecule is CC(C)(C)C(=O)C[C@@H](CCCCNC(=O)CCC(NC(=O)Cc1nn[nH]n1)C(=O)O)C(=O)CCC(=O)O. The minimum absolute atomic E-state index is 0.0450. The van der Waals surface area contributed by atoms with Crippen LogP contribution in [0.15, 0.2) is 0 Å². The molecule has 1 heterocycles. The molecule has 14 nitrogen and oxygen atoms in total. The summed E-state index contributed by atoms with van der Waals surface area (Å²) in [5.41, 5.74) is -0.611. The summed E-state index contributed by atoms with van der Waals surface area (Å²) in [6.07, 6.45) is 0.562. The maximum absolute atomic E-state index is 12.5. The number of carbonyl (C=O) groups is 6. The van der Waals surface area contributed by atoms with E-state index in [0.717, 1.165) is 0 Å². The fourth-order valence-corrected chi connectivity index (χ4v) is 3.35. The Morgan fingerprint density at radius 1 is 0.946 bits per heavy atom. The van der Waals surface area contributed by atoms with Crippen molar-refractivity contribution >= 4 is 35.3 Å². The summed E-state index contributed by atoms with van der Waals surface area (Å²) >= 11 is 0. The number of ketones is 2. The second-order valence-electron chi connectivity index (χ2n) is 9.78. The van der Waals surface area contributed by atoms with E-state index in [9.17, 15) is 33.9 Å². The van der Waals surface area contributed by atoms with Crippen molar-refractivity contribution in [1.29, 1.82) is 0 Å². The number of aromatic nitrogens is 4. The van der Waals surface area contributed by atoms with Gasteiger partial charge in [-0.15, -0.1) is 10.2 Å². The Morgan fingerprint density at radius 3 is 2.22 bits per heavy atom. The van der Waals surface area contributed by atoms with Crippen LogP contribution in [-0.2, 0) is 35.2 Å². The number of carbonyl (C=O) groups excluding carboxylic acids is 4. The molecule has 1 aromatic heterocycles. The van der Waals surface area contributed by atoms with Crippen molar-refractivity contribution in [1.82, 2.24) is 31.3 Å². The van der Waals surface area contributed by atoms with Crippen LogP contribution in [0.25, 0.3) is 0 Å². The minimum Gasteiger partial charge on any atom is -0.481 e. The van der Waals surface area contributed by atoms with E-state index in [1.54, 1.807) is 20.8 Å². The number of tetrazole rings is 1. The number of aromatic amines is 1. The average molecular weight is 525 g/mol. The molecule has 1 rings (SSSR count). The molecule has 0 aliphatic rings. The number of Topliss-reactive ketones (excluding diaryl/α,β-unsaturated/α-hetero) is 2. The Kier molecular flexibility index (Phi) is 13.0. The summed E-state index contributed by atoms with van der Waals surface area (Å²) in [6.45, 7) is 5.57. The van der Waals surface area contributed by atoms with Crippen LogP contribution in [0.5, 0.6) is 0 Å². The summed E-state index contributed by atoms with van der Waals surface area (Å²) in [6, 6.07) is -1.26. The van der Waals surface area contributed by atoms with Crippen molar-refractivity contribution in [2.75, 3.05) is 6.54 Å². The average Bonchev–Trinajstić information content (AvgIpc) is 3.30. The molecule has 1 aromatic rings. The van der Waals surface area contributed by atoms with Crippen molar-refractivity contribution in [3.05, 3.63) is 5.82 Å². The first-order valence-corrected chi connectivity index (χ1v) is 12.1. The van der Waals surface area contributed by atoms with Gasteiger partial charge in [-0.05, 0) is 19.3 Å². The van der Waals surface area contributed by atoms with Gasteiger partial charge in [0.05, 0.1) is 12.8 Å². The Bertz CT molecular complexity index is 942. The van der Waals surface area contributed by atoms with Gasteiger partial charge in [-0.1, -0.05) is 32.4 Å². The number of carboxylic acids is 2. The zero-order chi connectivity index (χ0) is 28.0. The standard InChI is InChI=1S/C23H36N6O8/c1-23(2,3)17(31)12-14(16(30)8-10-21(34)35)6-4-5-11-24-19(32)9-7-15(22(36)37)25-20(33)13-18-26-28-29-27-18/h14-15H,4-13H2,1-3H3,(H,24,32)(H,25,33)(H,34,35)(H,36,37)(H,26,27,28,29)/t14-,15?/m1/s1. The van der Waals surface area contributed by atoms with Crippen LogP contribution in [0.3, 0.4) is 0 Å². The number of amides is 2. The van der Waals surface area contributed by atoms with E-state index in [2.05, 4.69) is 31.3 Å². The molecule has 1 unspecified atom stereocenters. The molecule has 2 amide bonds. The molecule has 0 aliphatic heterocycles. The third kappa shape index (κ3) is 13.2. The maximum atomic E-state index is 12.5. The highest BCUT2D eigenvalue weighted by atomic mass is 16.4. The molecule has 0 bridgehead atoms. The first kappa shape index (κ1) is 31.3. The first-order chi connectivity index (χ1) is 17.3. The molecule has 0 fully saturated rings. The Balaban J connectivity index is 2.42. The van der Waals surface area contributed by atoms with Crippen molar-refractivity contribution in [3.8, 4) is 0 Å². The lowest BCUT2D eigenvalue weighted by Gasteiger charge is -2.21. The van der Waals surface area contributed by atoms with Crippen LogP contribution >= 0.6 is 0 Å². The van der Waals surface area contributed by atoms with Crippen LogP contribution in [0.4, 0.5) is 0 Å². The van der Waals surface area contributed by atoms with Crippen LogP contribution in [0, 0.1) is 11.3 Å². The van der Waals surface area contributed by atoms with Gasteiger partial charge in [0.25, 0.3) is 0 Å². The number of nitrogens with zero attached hydrogens (tertiary/aromatic N) is 3. The lowest BCUT2D eigenvalue weighted by Crippen LogP contribution is -2.42. The van der Waals surface area contributed by atoms with E-state index in [-0.39, 0.29) is 62.5 Å². The summed E-state index contributed by atoms with van der Waals surface area (Å²) in [4.78, 5) is 71.2. The summed E-state index contributed by atoms with van der Waals surface area (Å²) in [5, 5.41) is 35.8. The molecule has 5 N–H and O–H groups in total. The van der Waals surface area contributed by atoms with Crippen LogP contribution in [-0.4, -0.2) is 78.7 Å². The van der Waals surface area contributed by atoms with Crippen LogP contribution < -0.4 is 10.6 Å². The van der Waals surface area contributed by atoms with Gasteiger partial charge in [0.1, 0.15) is 17.6 Å². The Hall–Kier alpha value is -3.71. The molecule has 0 saturated carbocycles. The predicted octanol–water partition coefficient (Wildman–Crippen LogP) is 0.434. The Morgan fingerprint density at radius 2 is 1.65 bits per heavy atom. The smallest absolute Gasteiger partial charge is 0.326 e. The molecule has 0 radical (unpaired) electrons. The number of hydrogen-bond donors (Lipinski definition) is 5. The molecular formula is C23H36N6O8. The maximum Gasteiger partial charge on any atom is 0.326 e. The molecule has 0 aromatic carbocycles. The number of aliphatic carboxylic acids is 2. The number of H-pyrrole nitrogens is 1. The van der Waals surface area contributed by atoms with E-state index < -0.39 is 41.1 Å². The number of nitrogens with one attached hydrogen (secondary N) is 3. The quantitative estimate of drug-likeness (QED) is 0.166. The van der Waals surface area contributed by atoms with Crippen molar-refractivity contribution < 1.29 is 39.0 Å². The zero-order valence-corrected chi connectivity index (χ0v) is 21.4. The van der Waals surface area contributed by atoms with E-state index in [1.165, 1.54) is 0 Å². The normalized spacial score (nSPS) is 12.8. The van der Waals surface area contributed by atoms with E-state index in [1.807, 2.05) is 0 Å². The molecule has 0 aliphatic carbocycles. The van der Waals surface area contributed by atoms with Crippen molar-refractivity contribution in [2.45, 2.75) is 84.6 Å². The number of unbranched alkanes of at least 4 members (excludes halogenated alkanes) is 1. The molecule has 0 spiro atoms. The van der Waals surface area contributed by atoms with Gasteiger partial charge >= 0.3 is 11.9 Å². The number of hydrogen-bond acceptors (Lipinski definition) is 9. The minimum atomic E-state index is -1.28. The Labute approximate surface area is 214 Å². The van der Waals surface area contributed by atoms with Gasteiger partial charge in [-0.25, -0.2) is 4.79 Å². The van der Waals surface area contributed by atoms with Gasteiger partial charge in [-0.3, -0.25) is 24.0 Å². The summed E-state index contributed by atoms with van der Waals surface area (Å²) < 4.78 is 0. The van der Waals surface area contributed by atoms with E-state index in [0.29, 0.717) is 19.3 Å². The van der Waals surface area contributed by atoms with E-state index in [4.69, 9.17) is 5.11 Å². The zero-order valence-electron chi connectivity index (χ0n) is 21.4. The number of carboxylic acid groups (broad SMARTS) is 2. The van der Waals surface area contributed by atoms with E-state index >= 15 is 0 Å². The molecule has 14 heteroatoms. The summed E-state index contributed by atoms with van der Waals surface area (Å²) in [5.74, 6) is -4.17. The van der Waals surface area contributed by atoms with Gasteiger partial charge in [0.2, 0.25) is 11.8 Å². The molecular weight excluding hydrogens is 488 g/mol. The number of rotatable bonds is 18. The highest BCUT2D eigenvalue weighted by Gasteiger charge is 2.28. The summed E-state index contributed by atoms with van der Waals surface area (Å²) in [7, 11) is 0. The van der Waals surface area contributed by atoms with Crippen molar-refractivity contribution in [2.24, 2.45) is 11.3 Å². The highest BCUT2D eigenvalue weighted by Crippen LogP contribution is 2.24. The largest absolute Gasteiger partial charge is 0.481 e. The molecule has 206 valence electrons. The predicted molar refractivity (Wildman–Crippen MR) is 128 cm³/mol. The van der Waals surface area contributed by atoms with Crippen LogP contribution in [0.1, 0.15) is 78.0 Å². The lowest BCUT2D eigenvalue weighted by atomic mass is 9.81. The van der Waals surface area contributed by atoms with Crippen molar-refractivity contribution in [3.63, 3.8) is 0 Å². The monoisotopic (exact) mass is 524 g/mol. The third-order valence-electron chi connectivity index (χ3n) is 5.61. The van der Waals surface area contributed by atoms with Gasteiger partial charge in [-0.2, -0.15) is 5.21 Å². The molecule has 0 saturated heterocycles. The second-order valence-corrected chi connectivity index (χ2v) is 9.78.